The van der Waals surface area contributed by atoms with Crippen molar-refractivity contribution in [2.75, 3.05) is 0 Å². The fourth-order valence-corrected chi connectivity index (χ4v) is 2.18. The van der Waals surface area contributed by atoms with Gasteiger partial charge in [0.2, 0.25) is 0 Å². The van der Waals surface area contributed by atoms with Gasteiger partial charge in [-0.2, -0.15) is 0 Å². The van der Waals surface area contributed by atoms with Crippen LogP contribution in [-0.2, 0) is 0 Å². The molecule has 0 amide bonds. The van der Waals surface area contributed by atoms with Crippen molar-refractivity contribution in [1.82, 2.24) is 0 Å². The van der Waals surface area contributed by atoms with Gasteiger partial charge in [-0.25, -0.2) is 4.39 Å². The van der Waals surface area contributed by atoms with E-state index in [2.05, 4.69) is 15.9 Å². The van der Waals surface area contributed by atoms with E-state index in [1.54, 1.807) is 0 Å². The minimum absolute atomic E-state index is 0.0405. The monoisotopic (exact) mass is 295 g/mol. The van der Waals surface area contributed by atoms with Crippen molar-refractivity contribution < 1.29 is 9.50 Å². The zero-order chi connectivity index (χ0) is 11.6. The second-order valence-corrected chi connectivity index (χ2v) is 4.57. The van der Waals surface area contributed by atoms with Gasteiger partial charge in [-0.1, -0.05) is 24.9 Å². The minimum Gasteiger partial charge on any atom is -0.506 e. The average molecular weight is 297 g/mol. The predicted octanol–water partition coefficient (Wildman–Crippen LogP) is 3.75. The van der Waals surface area contributed by atoms with Crippen molar-refractivity contribution in [2.24, 2.45) is 5.73 Å². The molecule has 0 heterocycles. The number of rotatable bonds is 3. The van der Waals surface area contributed by atoms with Crippen LogP contribution in [-0.4, -0.2) is 5.11 Å². The summed E-state index contributed by atoms with van der Waals surface area (Å²) in [6, 6.07) is 0.777. The minimum atomic E-state index is -0.640. The second-order valence-electron chi connectivity index (χ2n) is 3.31. The van der Waals surface area contributed by atoms with Crippen LogP contribution in [0.15, 0.2) is 10.5 Å². The Bertz CT molecular complexity index is 347. The Kier molecular flexibility index (Phi) is 4.37. The van der Waals surface area contributed by atoms with Crippen LogP contribution in [0.1, 0.15) is 31.4 Å². The first-order chi connectivity index (χ1) is 6.99. The zero-order valence-corrected chi connectivity index (χ0v) is 10.6. The fraction of sp³-hybridized carbons (Fsp3) is 0.400. The molecule has 0 bridgehead atoms. The lowest BCUT2D eigenvalue weighted by atomic mass is 10.0. The molecule has 3 N–H and O–H groups in total. The van der Waals surface area contributed by atoms with E-state index in [0.717, 1.165) is 6.42 Å². The third-order valence-corrected chi connectivity index (χ3v) is 3.03. The maximum absolute atomic E-state index is 13.6. The highest BCUT2D eigenvalue weighted by atomic mass is 79.9. The Morgan fingerprint density at radius 1 is 1.67 bits per heavy atom. The number of aromatic hydroxyl groups is 1. The Balaban J connectivity index is 3.26. The van der Waals surface area contributed by atoms with Gasteiger partial charge in [0, 0.05) is 11.6 Å². The van der Waals surface area contributed by atoms with E-state index in [1.165, 1.54) is 6.07 Å². The number of phenols is 1. The summed E-state index contributed by atoms with van der Waals surface area (Å²) in [7, 11) is 0. The molecule has 5 heteroatoms. The molecule has 1 unspecified atom stereocenters. The molecule has 1 aromatic carbocycles. The molecule has 0 aromatic heterocycles. The van der Waals surface area contributed by atoms with E-state index >= 15 is 0 Å². The van der Waals surface area contributed by atoms with Gasteiger partial charge in [0.1, 0.15) is 11.6 Å². The lowest BCUT2D eigenvalue weighted by Gasteiger charge is -2.15. The van der Waals surface area contributed by atoms with E-state index in [4.69, 9.17) is 17.3 Å². The van der Waals surface area contributed by atoms with Gasteiger partial charge in [-0.3, -0.25) is 0 Å². The first-order valence-corrected chi connectivity index (χ1v) is 5.78. The summed E-state index contributed by atoms with van der Waals surface area (Å²) in [6.45, 7) is 1.94. The van der Waals surface area contributed by atoms with Crippen LogP contribution in [0.5, 0.6) is 5.75 Å². The first kappa shape index (κ1) is 12.7. The summed E-state index contributed by atoms with van der Waals surface area (Å²) in [4.78, 5) is 0. The number of phenolic OH excluding ortho intramolecular Hbond substituents is 1. The van der Waals surface area contributed by atoms with Crippen LogP contribution >= 0.6 is 27.5 Å². The summed E-state index contributed by atoms with van der Waals surface area (Å²) >= 11 is 8.76. The van der Waals surface area contributed by atoms with Gasteiger partial charge in [-0.05, 0) is 28.4 Å². The molecule has 0 aliphatic carbocycles. The van der Waals surface area contributed by atoms with Crippen LogP contribution in [0.4, 0.5) is 4.39 Å². The van der Waals surface area contributed by atoms with Gasteiger partial charge in [0.25, 0.3) is 0 Å². The van der Waals surface area contributed by atoms with Gasteiger partial charge in [0.05, 0.1) is 9.50 Å². The number of benzene rings is 1. The number of hydrogen-bond donors (Lipinski definition) is 2. The van der Waals surface area contributed by atoms with Gasteiger partial charge in [0.15, 0.2) is 0 Å². The number of halogens is 3. The highest BCUT2D eigenvalue weighted by Gasteiger charge is 2.20. The third kappa shape index (κ3) is 2.62. The van der Waals surface area contributed by atoms with Crippen molar-refractivity contribution in [1.29, 1.82) is 0 Å². The van der Waals surface area contributed by atoms with Crippen molar-refractivity contribution in [3.8, 4) is 5.75 Å². The standard InChI is InChI=1S/C10H12BrClFNO/c1-2-3-7(14)8-9(13)6(12)4-5(11)10(8)15/h4,7,15H,2-3,14H2,1H3. The summed E-state index contributed by atoms with van der Waals surface area (Å²) in [5, 5.41) is 9.63. The fourth-order valence-electron chi connectivity index (χ4n) is 1.40. The summed E-state index contributed by atoms with van der Waals surface area (Å²) < 4.78 is 14.0. The Hall–Kier alpha value is -0.320. The molecule has 0 aliphatic rings. The molecule has 0 aliphatic heterocycles. The SMILES string of the molecule is CCCC(N)c1c(O)c(Br)cc(Cl)c1F. The molecule has 0 saturated carbocycles. The largest absolute Gasteiger partial charge is 0.506 e. The highest BCUT2D eigenvalue weighted by Crippen LogP contribution is 2.38. The van der Waals surface area contributed by atoms with Gasteiger partial charge < -0.3 is 10.8 Å². The van der Waals surface area contributed by atoms with Crippen LogP contribution in [0, 0.1) is 5.82 Å². The molecule has 0 radical (unpaired) electrons. The van der Waals surface area contributed by atoms with Crippen molar-refractivity contribution in [3.05, 3.63) is 26.9 Å². The van der Waals surface area contributed by atoms with Crippen LogP contribution in [0.25, 0.3) is 0 Å². The molecular formula is C10H12BrClFNO. The van der Waals surface area contributed by atoms with Crippen molar-refractivity contribution in [2.45, 2.75) is 25.8 Å². The molecule has 1 atom stereocenters. The zero-order valence-electron chi connectivity index (χ0n) is 8.23. The summed E-state index contributed by atoms with van der Waals surface area (Å²) in [5.74, 6) is -0.809. The van der Waals surface area contributed by atoms with Crippen LogP contribution in [0.3, 0.4) is 0 Å². The van der Waals surface area contributed by atoms with Gasteiger partial charge >= 0.3 is 0 Å². The predicted molar refractivity (Wildman–Crippen MR) is 62.6 cm³/mol. The third-order valence-electron chi connectivity index (χ3n) is 2.15. The van der Waals surface area contributed by atoms with Crippen molar-refractivity contribution in [3.63, 3.8) is 0 Å². The molecular weight excluding hydrogens is 284 g/mol. The van der Waals surface area contributed by atoms with Crippen molar-refractivity contribution >= 4 is 27.5 Å². The van der Waals surface area contributed by atoms with E-state index in [0.29, 0.717) is 10.9 Å². The molecule has 1 aromatic rings. The first-order valence-electron chi connectivity index (χ1n) is 4.61. The molecule has 0 saturated heterocycles. The van der Waals surface area contributed by atoms with Gasteiger partial charge in [-0.15, -0.1) is 0 Å². The summed E-state index contributed by atoms with van der Waals surface area (Å²) in [6.07, 6.45) is 1.40. The molecule has 84 valence electrons. The van der Waals surface area contributed by atoms with E-state index in [-0.39, 0.29) is 16.3 Å². The number of hydrogen-bond acceptors (Lipinski definition) is 2. The Morgan fingerprint density at radius 3 is 2.80 bits per heavy atom. The Labute approximate surface area is 101 Å². The lowest BCUT2D eigenvalue weighted by Crippen LogP contribution is -2.12. The Morgan fingerprint density at radius 2 is 2.27 bits per heavy atom. The normalized spacial score (nSPS) is 12.9. The maximum atomic E-state index is 13.6. The number of nitrogens with two attached hydrogens (primary N) is 1. The quantitative estimate of drug-likeness (QED) is 0.835. The smallest absolute Gasteiger partial charge is 0.150 e. The molecule has 2 nitrogen and oxygen atoms in total. The average Bonchev–Trinajstić information content (AvgIpc) is 2.16. The maximum Gasteiger partial charge on any atom is 0.150 e. The topological polar surface area (TPSA) is 46.2 Å². The summed E-state index contributed by atoms with van der Waals surface area (Å²) in [5.41, 5.74) is 5.85. The second kappa shape index (κ2) is 5.14. The molecule has 0 spiro atoms. The highest BCUT2D eigenvalue weighted by molar-refractivity contribution is 9.10. The van der Waals surface area contributed by atoms with Crippen LogP contribution < -0.4 is 5.73 Å². The van der Waals surface area contributed by atoms with E-state index < -0.39 is 11.9 Å². The van der Waals surface area contributed by atoms with E-state index in [1.807, 2.05) is 6.92 Å². The molecule has 15 heavy (non-hydrogen) atoms. The molecule has 0 fully saturated rings. The molecule has 1 rings (SSSR count). The van der Waals surface area contributed by atoms with Crippen LogP contribution in [0.2, 0.25) is 5.02 Å². The van der Waals surface area contributed by atoms with E-state index in [9.17, 15) is 9.50 Å². The lowest BCUT2D eigenvalue weighted by molar-refractivity contribution is 0.441.